The van der Waals surface area contributed by atoms with E-state index in [4.69, 9.17) is 0 Å². The lowest BCUT2D eigenvalue weighted by Crippen LogP contribution is -2.47. The van der Waals surface area contributed by atoms with Crippen molar-refractivity contribution in [3.8, 4) is 5.75 Å². The van der Waals surface area contributed by atoms with Crippen LogP contribution in [0.5, 0.6) is 5.75 Å². The van der Waals surface area contributed by atoms with Crippen molar-refractivity contribution >= 4 is 11.8 Å². The molecule has 4 aliphatic rings. The summed E-state index contributed by atoms with van der Waals surface area (Å²) in [7, 11) is 0. The Labute approximate surface area is 164 Å². The van der Waals surface area contributed by atoms with Gasteiger partial charge in [0.25, 0.3) is 0 Å². The third-order valence-corrected chi connectivity index (χ3v) is 8.14. The van der Waals surface area contributed by atoms with E-state index < -0.39 is 12.2 Å². The van der Waals surface area contributed by atoms with Gasteiger partial charge >= 0.3 is 0 Å². The maximum atomic E-state index is 12.5. The van der Waals surface area contributed by atoms with E-state index >= 15 is 0 Å². The summed E-state index contributed by atoms with van der Waals surface area (Å²) in [5.41, 5.74) is 1.65. The molecule has 1 saturated heterocycles. The molecule has 2 amide bonds. The number of aromatic hydroxyl groups is 1. The molecule has 1 unspecified atom stereocenters. The van der Waals surface area contributed by atoms with E-state index in [1.165, 1.54) is 4.90 Å². The molecule has 2 saturated carbocycles. The molecule has 0 bridgehead atoms. The molecule has 1 heterocycles. The number of nitrogens with zero attached hydrogens (tertiary/aromatic N) is 1. The first-order chi connectivity index (χ1) is 13.3. The van der Waals surface area contributed by atoms with Crippen LogP contribution < -0.4 is 0 Å². The molecule has 0 spiro atoms. The first-order valence-corrected chi connectivity index (χ1v) is 10.3. The second-order valence-electron chi connectivity index (χ2n) is 9.39. The monoisotopic (exact) mass is 385 g/mol. The zero-order valence-electron chi connectivity index (χ0n) is 16.0. The average Bonchev–Trinajstić information content (AvgIpc) is 3.11. The number of aliphatic hydroxyl groups is 2. The molecule has 5 rings (SSSR count). The van der Waals surface area contributed by atoms with Crippen LogP contribution in [0.4, 0.5) is 0 Å². The third-order valence-electron chi connectivity index (χ3n) is 8.14. The molecule has 3 N–H and O–H groups in total. The Bertz CT molecular complexity index is 837. The lowest BCUT2D eigenvalue weighted by Gasteiger charge is -2.52. The fourth-order valence-corrected chi connectivity index (χ4v) is 6.75. The Kier molecular flexibility index (Phi) is 3.91. The smallest absolute Gasteiger partial charge is 0.230 e. The van der Waals surface area contributed by atoms with Gasteiger partial charge in [-0.05, 0) is 72.1 Å². The van der Waals surface area contributed by atoms with Crippen molar-refractivity contribution in [2.24, 2.45) is 17.3 Å². The average molecular weight is 385 g/mol. The van der Waals surface area contributed by atoms with Gasteiger partial charge in [0.1, 0.15) is 5.75 Å². The lowest BCUT2D eigenvalue weighted by molar-refractivity contribution is -0.142. The first-order valence-electron chi connectivity index (χ1n) is 10.3. The molecule has 1 aromatic rings. The Morgan fingerprint density at radius 3 is 2.50 bits per heavy atom. The highest BCUT2D eigenvalue weighted by Gasteiger charge is 2.59. The number of phenolic OH excluding ortho intramolecular Hbond substituents is 1. The van der Waals surface area contributed by atoms with Crippen molar-refractivity contribution in [3.05, 3.63) is 29.3 Å². The fraction of sp³-hybridized carbons (Fsp3) is 0.636. The highest BCUT2D eigenvalue weighted by Crippen LogP contribution is 2.63. The van der Waals surface area contributed by atoms with E-state index in [0.717, 1.165) is 24.0 Å². The summed E-state index contributed by atoms with van der Waals surface area (Å²) in [4.78, 5) is 26.4. The van der Waals surface area contributed by atoms with Crippen LogP contribution >= 0.6 is 0 Å². The summed E-state index contributed by atoms with van der Waals surface area (Å²) in [6, 6.07) is 4.95. The molecular formula is C22H27NO5. The van der Waals surface area contributed by atoms with Crippen molar-refractivity contribution in [1.29, 1.82) is 0 Å². The minimum Gasteiger partial charge on any atom is -0.508 e. The predicted molar refractivity (Wildman–Crippen MR) is 100 cm³/mol. The third kappa shape index (κ3) is 2.34. The normalized spacial score (nSPS) is 42.3. The molecule has 3 fully saturated rings. The van der Waals surface area contributed by atoms with Crippen molar-refractivity contribution in [2.75, 3.05) is 0 Å². The Morgan fingerprint density at radius 1 is 1.07 bits per heavy atom. The summed E-state index contributed by atoms with van der Waals surface area (Å²) in [5.74, 6) is 0.451. The molecule has 6 nitrogen and oxygen atoms in total. The quantitative estimate of drug-likeness (QED) is 0.644. The zero-order chi connectivity index (χ0) is 19.8. The van der Waals surface area contributed by atoms with E-state index in [2.05, 4.69) is 6.92 Å². The maximum absolute atomic E-state index is 12.5. The lowest BCUT2D eigenvalue weighted by atomic mass is 9.54. The maximum Gasteiger partial charge on any atom is 0.230 e. The van der Waals surface area contributed by atoms with Crippen molar-refractivity contribution in [3.63, 3.8) is 0 Å². The second-order valence-corrected chi connectivity index (χ2v) is 9.39. The predicted octanol–water partition coefficient (Wildman–Crippen LogP) is 2.23. The topological polar surface area (TPSA) is 98.1 Å². The minimum absolute atomic E-state index is 0.146. The van der Waals surface area contributed by atoms with Gasteiger partial charge in [0.05, 0.1) is 18.2 Å². The number of amides is 2. The van der Waals surface area contributed by atoms with Crippen LogP contribution in [0.25, 0.3) is 0 Å². The first kappa shape index (κ1) is 18.1. The molecule has 3 aliphatic carbocycles. The number of benzene rings is 1. The van der Waals surface area contributed by atoms with Crippen molar-refractivity contribution < 1.29 is 24.9 Å². The van der Waals surface area contributed by atoms with Crippen LogP contribution in [0, 0.1) is 17.3 Å². The molecule has 150 valence electrons. The molecule has 0 aromatic heterocycles. The van der Waals surface area contributed by atoms with Crippen LogP contribution in [0.1, 0.15) is 68.5 Å². The number of imide groups is 1. The van der Waals surface area contributed by atoms with Crippen LogP contribution in [0.15, 0.2) is 18.2 Å². The molecular weight excluding hydrogens is 358 g/mol. The van der Waals surface area contributed by atoms with Gasteiger partial charge in [-0.25, -0.2) is 0 Å². The van der Waals surface area contributed by atoms with Gasteiger partial charge in [-0.3, -0.25) is 14.5 Å². The van der Waals surface area contributed by atoms with Crippen LogP contribution in [0.2, 0.25) is 0 Å². The highest BCUT2D eigenvalue weighted by molar-refractivity contribution is 6.02. The summed E-state index contributed by atoms with van der Waals surface area (Å²) in [6.45, 7) is 2.07. The summed E-state index contributed by atoms with van der Waals surface area (Å²) in [5, 5.41) is 31.1. The Hall–Kier alpha value is -1.92. The number of carbonyl (C=O) groups excluding carboxylic acids is 2. The molecule has 6 heteroatoms. The second kappa shape index (κ2) is 6.04. The number of phenols is 1. The summed E-state index contributed by atoms with van der Waals surface area (Å²) < 4.78 is 0. The number of hydrogen-bond donors (Lipinski definition) is 3. The van der Waals surface area contributed by atoms with E-state index in [9.17, 15) is 24.9 Å². The number of likely N-dealkylation sites (tertiary alicyclic amines) is 1. The van der Waals surface area contributed by atoms with Crippen molar-refractivity contribution in [2.45, 2.75) is 69.6 Å². The van der Waals surface area contributed by atoms with E-state index in [0.29, 0.717) is 12.8 Å². The Morgan fingerprint density at radius 2 is 1.79 bits per heavy atom. The van der Waals surface area contributed by atoms with Gasteiger partial charge in [0, 0.05) is 12.8 Å². The zero-order valence-corrected chi connectivity index (χ0v) is 16.0. The van der Waals surface area contributed by atoms with Gasteiger partial charge in [0.15, 0.2) is 0 Å². The van der Waals surface area contributed by atoms with E-state index in [-0.39, 0.29) is 59.6 Å². The van der Waals surface area contributed by atoms with Gasteiger partial charge < -0.3 is 15.3 Å². The van der Waals surface area contributed by atoms with Gasteiger partial charge in [-0.1, -0.05) is 13.0 Å². The van der Waals surface area contributed by atoms with Gasteiger partial charge in [-0.15, -0.1) is 0 Å². The number of hydrogen-bond acceptors (Lipinski definition) is 5. The number of carbonyl (C=O) groups is 2. The highest BCUT2D eigenvalue weighted by atomic mass is 16.3. The molecule has 28 heavy (non-hydrogen) atoms. The summed E-state index contributed by atoms with van der Waals surface area (Å²) >= 11 is 0. The minimum atomic E-state index is -0.729. The number of rotatable bonds is 1. The molecule has 0 radical (unpaired) electrons. The molecule has 1 aromatic carbocycles. The van der Waals surface area contributed by atoms with E-state index in [1.807, 2.05) is 6.07 Å². The summed E-state index contributed by atoms with van der Waals surface area (Å²) in [6.07, 6.45) is 1.97. The van der Waals surface area contributed by atoms with Gasteiger partial charge in [0.2, 0.25) is 11.8 Å². The van der Waals surface area contributed by atoms with E-state index in [1.54, 1.807) is 12.1 Å². The van der Waals surface area contributed by atoms with Crippen LogP contribution in [-0.4, -0.2) is 44.2 Å². The molecule has 7 atom stereocenters. The Balaban J connectivity index is 1.61. The van der Waals surface area contributed by atoms with Crippen molar-refractivity contribution in [1.82, 2.24) is 4.90 Å². The number of fused-ring (bicyclic) bond motifs is 5. The van der Waals surface area contributed by atoms with Gasteiger partial charge in [-0.2, -0.15) is 0 Å². The molecule has 1 aliphatic heterocycles. The number of aliphatic hydroxyl groups excluding tert-OH is 2. The standard InChI is InChI=1S/C22H27NO5/c1-22-7-6-13-12-3-2-11(24)8-15(12)17(23-19(26)4-5-20(23)27)9-14(13)16(22)10-18(25)21(22)28/h2-3,8,13-14,16-18,21,24-25,28H,4-7,9-10H2,1H3/t13-,14-,16+,17?,18-,21+,22+/m1/s1. The SMILES string of the molecule is C[C@]12CC[C@@H]3c4ccc(O)cc4C(N4C(=O)CCC4=O)C[C@H]3[C@@H]1C[C@@H](O)[C@@H]2O. The van der Waals surface area contributed by atoms with Crippen LogP contribution in [0.3, 0.4) is 0 Å². The van der Waals surface area contributed by atoms with Crippen LogP contribution in [-0.2, 0) is 9.59 Å². The largest absolute Gasteiger partial charge is 0.508 e. The fourth-order valence-electron chi connectivity index (χ4n) is 6.75.